The molecule has 0 N–H and O–H groups in total. The van der Waals surface area contributed by atoms with E-state index in [0.717, 1.165) is 22.5 Å². The fraction of sp³-hybridized carbons (Fsp3) is 0.316. The van der Waals surface area contributed by atoms with E-state index < -0.39 is 0 Å². The summed E-state index contributed by atoms with van der Waals surface area (Å²) in [5, 5.41) is 4.13. The first kappa shape index (κ1) is 17.4. The van der Waals surface area contributed by atoms with Crippen molar-refractivity contribution in [3.05, 3.63) is 63.9 Å². The standard InChI is InChI=1S/C19H22N4OS/c1-5-17-13(2)10-18(25-17)19(24)22(4)14(3)15-6-8-16(9-7-15)23-12-20-11-21-23/h6-12,14H,5H2,1-4H3/t14-/m1/s1. The first-order chi connectivity index (χ1) is 12.0. The third-order valence-electron chi connectivity index (χ3n) is 4.51. The zero-order valence-corrected chi connectivity index (χ0v) is 15.7. The number of rotatable bonds is 5. The maximum absolute atomic E-state index is 12.8. The van der Waals surface area contributed by atoms with Crippen molar-refractivity contribution < 1.29 is 4.79 Å². The van der Waals surface area contributed by atoms with Crippen LogP contribution in [0.4, 0.5) is 0 Å². The van der Waals surface area contributed by atoms with Crippen molar-refractivity contribution in [2.45, 2.75) is 33.2 Å². The number of thiophene rings is 1. The van der Waals surface area contributed by atoms with Crippen LogP contribution in [0.5, 0.6) is 0 Å². The minimum absolute atomic E-state index is 0.00946. The normalized spacial score (nSPS) is 12.2. The molecule has 0 aliphatic rings. The minimum Gasteiger partial charge on any atom is -0.334 e. The number of carbonyl (C=O) groups is 1. The van der Waals surface area contributed by atoms with Crippen LogP contribution in [0.1, 0.15) is 45.6 Å². The maximum atomic E-state index is 12.8. The van der Waals surface area contributed by atoms with Crippen LogP contribution in [-0.4, -0.2) is 32.6 Å². The van der Waals surface area contributed by atoms with E-state index in [4.69, 9.17) is 0 Å². The van der Waals surface area contributed by atoms with E-state index in [2.05, 4.69) is 23.9 Å². The number of aryl methyl sites for hydroxylation is 2. The van der Waals surface area contributed by atoms with Gasteiger partial charge in [-0.05, 0) is 49.6 Å². The largest absolute Gasteiger partial charge is 0.334 e. The first-order valence-corrected chi connectivity index (χ1v) is 9.14. The molecule has 0 fully saturated rings. The summed E-state index contributed by atoms with van der Waals surface area (Å²) < 4.78 is 1.71. The smallest absolute Gasteiger partial charge is 0.264 e. The topological polar surface area (TPSA) is 51.0 Å². The third kappa shape index (κ3) is 3.49. The molecule has 2 aromatic heterocycles. The Kier molecular flexibility index (Phi) is 4.99. The third-order valence-corrected chi connectivity index (χ3v) is 5.88. The molecule has 130 valence electrons. The summed E-state index contributed by atoms with van der Waals surface area (Å²) in [6.45, 7) is 6.23. The van der Waals surface area contributed by atoms with Crippen molar-refractivity contribution in [1.29, 1.82) is 0 Å². The molecule has 3 rings (SSSR count). The Labute approximate surface area is 151 Å². The number of hydrogen-bond acceptors (Lipinski definition) is 4. The van der Waals surface area contributed by atoms with Gasteiger partial charge in [0, 0.05) is 11.9 Å². The average Bonchev–Trinajstić information content (AvgIpc) is 3.29. The number of amides is 1. The van der Waals surface area contributed by atoms with Gasteiger partial charge in [0.25, 0.3) is 5.91 Å². The molecule has 2 heterocycles. The molecule has 6 heteroatoms. The van der Waals surface area contributed by atoms with Gasteiger partial charge in [0.15, 0.2) is 0 Å². The maximum Gasteiger partial charge on any atom is 0.264 e. The van der Waals surface area contributed by atoms with Crippen molar-refractivity contribution in [2.24, 2.45) is 0 Å². The molecule has 1 atom stereocenters. The average molecular weight is 354 g/mol. The van der Waals surface area contributed by atoms with Crippen LogP contribution < -0.4 is 0 Å². The first-order valence-electron chi connectivity index (χ1n) is 8.32. The van der Waals surface area contributed by atoms with Crippen LogP contribution in [0.2, 0.25) is 0 Å². The lowest BCUT2D eigenvalue weighted by Crippen LogP contribution is -2.29. The van der Waals surface area contributed by atoms with Crippen LogP contribution in [0.15, 0.2) is 43.0 Å². The second-order valence-corrected chi connectivity index (χ2v) is 7.23. The highest BCUT2D eigenvalue weighted by Crippen LogP contribution is 2.27. The lowest BCUT2D eigenvalue weighted by atomic mass is 10.1. The van der Waals surface area contributed by atoms with Gasteiger partial charge in [0.05, 0.1) is 16.6 Å². The van der Waals surface area contributed by atoms with Crippen molar-refractivity contribution in [1.82, 2.24) is 19.7 Å². The van der Waals surface area contributed by atoms with E-state index in [-0.39, 0.29) is 11.9 Å². The van der Waals surface area contributed by atoms with Gasteiger partial charge in [0.2, 0.25) is 0 Å². The Bertz CT molecular complexity index is 852. The minimum atomic E-state index is -0.00946. The Morgan fingerprint density at radius 2 is 2.04 bits per heavy atom. The summed E-state index contributed by atoms with van der Waals surface area (Å²) in [4.78, 5) is 20.7. The quantitative estimate of drug-likeness (QED) is 0.695. The fourth-order valence-electron chi connectivity index (χ4n) is 2.80. The summed E-state index contributed by atoms with van der Waals surface area (Å²) >= 11 is 1.60. The number of carbonyl (C=O) groups excluding carboxylic acids is 1. The molecule has 0 aliphatic carbocycles. The summed E-state index contributed by atoms with van der Waals surface area (Å²) in [6.07, 6.45) is 4.14. The molecule has 1 aromatic carbocycles. The molecule has 0 saturated carbocycles. The highest BCUT2D eigenvalue weighted by molar-refractivity contribution is 7.14. The Morgan fingerprint density at radius 3 is 2.60 bits per heavy atom. The monoisotopic (exact) mass is 354 g/mol. The molecule has 0 radical (unpaired) electrons. The SMILES string of the molecule is CCc1sc(C(=O)N(C)[C@H](C)c2ccc(-n3cncn3)cc2)cc1C. The molecule has 0 spiro atoms. The highest BCUT2D eigenvalue weighted by atomic mass is 32.1. The van der Waals surface area contributed by atoms with Gasteiger partial charge in [-0.25, -0.2) is 9.67 Å². The number of nitrogens with zero attached hydrogens (tertiary/aromatic N) is 4. The van der Waals surface area contributed by atoms with Gasteiger partial charge in [0.1, 0.15) is 12.7 Å². The molecule has 0 saturated heterocycles. The molecule has 1 amide bonds. The summed E-state index contributed by atoms with van der Waals surface area (Å²) in [7, 11) is 1.86. The molecule has 0 aliphatic heterocycles. The van der Waals surface area contributed by atoms with Crippen LogP contribution >= 0.6 is 11.3 Å². The van der Waals surface area contributed by atoms with E-state index in [0.29, 0.717) is 0 Å². The predicted molar refractivity (Wildman–Crippen MR) is 100 cm³/mol. The van der Waals surface area contributed by atoms with Crippen molar-refractivity contribution in [3.8, 4) is 5.69 Å². The van der Waals surface area contributed by atoms with Crippen LogP contribution in [0.25, 0.3) is 5.69 Å². The zero-order chi connectivity index (χ0) is 18.0. The second-order valence-electron chi connectivity index (χ2n) is 6.09. The van der Waals surface area contributed by atoms with Crippen molar-refractivity contribution in [3.63, 3.8) is 0 Å². The van der Waals surface area contributed by atoms with Crippen LogP contribution in [-0.2, 0) is 6.42 Å². The van der Waals surface area contributed by atoms with Gasteiger partial charge in [-0.3, -0.25) is 4.79 Å². The Morgan fingerprint density at radius 1 is 1.32 bits per heavy atom. The molecule has 0 unspecified atom stereocenters. The molecule has 3 aromatic rings. The van der Waals surface area contributed by atoms with Crippen molar-refractivity contribution in [2.75, 3.05) is 7.05 Å². The van der Waals surface area contributed by atoms with E-state index >= 15 is 0 Å². The number of hydrogen-bond donors (Lipinski definition) is 0. The second kappa shape index (κ2) is 7.19. The van der Waals surface area contributed by atoms with Gasteiger partial charge in [-0.2, -0.15) is 5.10 Å². The van der Waals surface area contributed by atoms with Gasteiger partial charge in [-0.1, -0.05) is 19.1 Å². The van der Waals surface area contributed by atoms with Gasteiger partial charge in [-0.15, -0.1) is 11.3 Å². The lowest BCUT2D eigenvalue weighted by molar-refractivity contribution is 0.0747. The molecule has 5 nitrogen and oxygen atoms in total. The van der Waals surface area contributed by atoms with E-state index in [1.165, 1.54) is 16.8 Å². The fourth-order valence-corrected chi connectivity index (χ4v) is 3.89. The molecular formula is C19H22N4OS. The van der Waals surface area contributed by atoms with Gasteiger partial charge >= 0.3 is 0 Å². The summed E-state index contributed by atoms with van der Waals surface area (Å²) in [5.74, 6) is 0.0700. The number of benzene rings is 1. The van der Waals surface area contributed by atoms with E-state index in [9.17, 15) is 4.79 Å². The van der Waals surface area contributed by atoms with E-state index in [1.807, 2.05) is 44.3 Å². The summed E-state index contributed by atoms with van der Waals surface area (Å²) in [5.41, 5.74) is 3.24. The number of aromatic nitrogens is 3. The predicted octanol–water partition coefficient (Wildman–Crippen LogP) is 4.03. The molecular weight excluding hydrogens is 332 g/mol. The zero-order valence-electron chi connectivity index (χ0n) is 14.9. The van der Waals surface area contributed by atoms with Crippen LogP contribution in [0, 0.1) is 6.92 Å². The Balaban J connectivity index is 1.77. The molecule has 25 heavy (non-hydrogen) atoms. The van der Waals surface area contributed by atoms with E-state index in [1.54, 1.807) is 27.2 Å². The molecule has 0 bridgehead atoms. The highest BCUT2D eigenvalue weighted by Gasteiger charge is 2.21. The Hall–Kier alpha value is -2.47. The van der Waals surface area contributed by atoms with Crippen LogP contribution in [0.3, 0.4) is 0 Å². The lowest BCUT2D eigenvalue weighted by Gasteiger charge is -2.25. The van der Waals surface area contributed by atoms with Crippen molar-refractivity contribution >= 4 is 17.2 Å². The summed E-state index contributed by atoms with van der Waals surface area (Å²) in [6, 6.07) is 10.0. The van der Waals surface area contributed by atoms with Gasteiger partial charge < -0.3 is 4.90 Å².